The smallest absolute Gasteiger partial charge is 0.164 e. The molecule has 3 aromatic carbocycles. The van der Waals surface area contributed by atoms with Gasteiger partial charge < -0.3 is 10.1 Å². The van der Waals surface area contributed by atoms with E-state index in [1.54, 1.807) is 5.19 Å². The molecule has 0 aliphatic carbocycles. The number of ketones is 1. The molecule has 1 aromatic heterocycles. The number of hydrogen-bond acceptors (Lipinski definition) is 4. The van der Waals surface area contributed by atoms with E-state index in [-0.39, 0.29) is 37.1 Å². The second kappa shape index (κ2) is 10.7. The number of nitrogens with zero attached hydrogens (tertiary/aromatic N) is 1. The van der Waals surface area contributed by atoms with Gasteiger partial charge in [-0.3, -0.25) is 4.79 Å². The Labute approximate surface area is 256 Å². The average molecular weight is 743 g/mol. The third-order valence-electron chi connectivity index (χ3n) is 7.60. The standard InChI is InChI=1S/C23H16NSSi.C11H20O2.Ir/c1-26(2)18-9-5-8-17-20(18)21-19(26)12-13-24-22(21)16-11-10-14-6-3-4-7-15(14)23(16)25-17;1-10(2,3)8(12)7-9(13)11(4,5)6;/h3-10,12-13H,1-2H3;7,12H,1-6H3;/q-1;;/b;8-7-;. The molecule has 40 heavy (non-hydrogen) atoms. The van der Waals surface area contributed by atoms with Crippen LogP contribution in [0.15, 0.2) is 82.4 Å². The van der Waals surface area contributed by atoms with Crippen LogP contribution in [0.5, 0.6) is 0 Å². The van der Waals surface area contributed by atoms with Gasteiger partial charge in [-0.1, -0.05) is 112 Å². The third-order valence-corrected chi connectivity index (χ3v) is 12.3. The predicted molar refractivity (Wildman–Crippen MR) is 167 cm³/mol. The molecule has 6 heteroatoms. The van der Waals surface area contributed by atoms with E-state index in [1.807, 2.05) is 59.5 Å². The number of rotatable bonds is 1. The van der Waals surface area contributed by atoms with Gasteiger partial charge in [-0.25, -0.2) is 0 Å². The molecule has 1 N–H and O–H groups in total. The van der Waals surface area contributed by atoms with Crippen molar-refractivity contribution in [3.8, 4) is 22.4 Å². The van der Waals surface area contributed by atoms with Gasteiger partial charge in [0.05, 0.1) is 0 Å². The number of hydrogen-bond donors (Lipinski definition) is 1. The van der Waals surface area contributed by atoms with E-state index in [2.05, 4.69) is 73.8 Å². The van der Waals surface area contributed by atoms with Gasteiger partial charge in [0.2, 0.25) is 0 Å². The Morgan fingerprint density at radius 2 is 1.60 bits per heavy atom. The quantitative estimate of drug-likeness (QED) is 0.0818. The molecule has 6 rings (SSSR count). The van der Waals surface area contributed by atoms with E-state index < -0.39 is 13.5 Å². The summed E-state index contributed by atoms with van der Waals surface area (Å²) in [6.45, 7) is 16.0. The van der Waals surface area contributed by atoms with Gasteiger partial charge in [-0.15, -0.1) is 29.5 Å². The fourth-order valence-corrected chi connectivity index (χ4v) is 9.47. The first-order valence-electron chi connectivity index (χ1n) is 13.4. The number of aliphatic hydroxyl groups is 1. The summed E-state index contributed by atoms with van der Waals surface area (Å²) >= 11 is 1.89. The van der Waals surface area contributed by atoms with Crippen LogP contribution in [-0.4, -0.2) is 23.9 Å². The van der Waals surface area contributed by atoms with Crippen LogP contribution in [0.4, 0.5) is 0 Å². The van der Waals surface area contributed by atoms with Crippen LogP contribution < -0.4 is 10.4 Å². The largest absolute Gasteiger partial charge is 0.512 e. The minimum absolute atomic E-state index is 0. The van der Waals surface area contributed by atoms with E-state index in [9.17, 15) is 9.90 Å². The number of fused-ring (bicyclic) bond motifs is 4. The van der Waals surface area contributed by atoms with Crippen molar-refractivity contribution in [3.05, 3.63) is 78.7 Å². The molecule has 0 spiro atoms. The summed E-state index contributed by atoms with van der Waals surface area (Å²) in [5.74, 6) is 0.104. The van der Waals surface area contributed by atoms with E-state index in [0.717, 1.165) is 11.3 Å². The molecule has 0 amide bonds. The molecule has 4 aromatic rings. The maximum atomic E-state index is 11.5. The molecule has 0 fully saturated rings. The zero-order valence-corrected chi connectivity index (χ0v) is 28.6. The van der Waals surface area contributed by atoms with Crippen molar-refractivity contribution < 1.29 is 30.0 Å². The zero-order chi connectivity index (χ0) is 28.3. The summed E-state index contributed by atoms with van der Waals surface area (Å²) in [7, 11) is -1.67. The Bertz CT molecular complexity index is 1660. The van der Waals surface area contributed by atoms with E-state index in [4.69, 9.17) is 4.98 Å². The van der Waals surface area contributed by atoms with Crippen LogP contribution in [0, 0.1) is 16.9 Å². The maximum Gasteiger partial charge on any atom is 0.164 e. The van der Waals surface area contributed by atoms with Crippen LogP contribution >= 0.6 is 11.8 Å². The summed E-state index contributed by atoms with van der Waals surface area (Å²) in [6, 6.07) is 23.4. The summed E-state index contributed by atoms with van der Waals surface area (Å²) in [4.78, 5) is 19.0. The van der Waals surface area contributed by atoms with Gasteiger partial charge in [0.15, 0.2) is 5.78 Å². The van der Waals surface area contributed by atoms with Crippen molar-refractivity contribution in [2.24, 2.45) is 10.8 Å². The van der Waals surface area contributed by atoms with Crippen molar-refractivity contribution in [1.82, 2.24) is 4.98 Å². The molecule has 0 unspecified atom stereocenters. The minimum atomic E-state index is -1.67. The molecule has 0 bridgehead atoms. The molecule has 1 radical (unpaired) electrons. The van der Waals surface area contributed by atoms with Gasteiger partial charge in [0.25, 0.3) is 0 Å². The first-order chi connectivity index (χ1) is 18.2. The molecule has 2 aliphatic heterocycles. The molecule has 0 saturated carbocycles. The zero-order valence-electron chi connectivity index (χ0n) is 24.4. The summed E-state index contributed by atoms with van der Waals surface area (Å²) in [5.41, 5.74) is 4.30. The Morgan fingerprint density at radius 3 is 2.27 bits per heavy atom. The van der Waals surface area contributed by atoms with Crippen molar-refractivity contribution in [1.29, 1.82) is 0 Å². The minimum Gasteiger partial charge on any atom is -0.512 e. The van der Waals surface area contributed by atoms with Gasteiger partial charge in [-0.2, -0.15) is 0 Å². The molecule has 3 nitrogen and oxygen atoms in total. The molecule has 2 aliphatic rings. The van der Waals surface area contributed by atoms with Crippen molar-refractivity contribution >= 4 is 46.8 Å². The molecule has 0 atom stereocenters. The fraction of sp³-hybridized carbons (Fsp3) is 0.294. The normalized spacial score (nSPS) is 14.8. The van der Waals surface area contributed by atoms with Crippen LogP contribution in [0.3, 0.4) is 0 Å². The average Bonchev–Trinajstić information content (AvgIpc) is 3.01. The first-order valence-corrected chi connectivity index (χ1v) is 17.2. The van der Waals surface area contributed by atoms with Gasteiger partial charge in [0.1, 0.15) is 13.8 Å². The topological polar surface area (TPSA) is 50.2 Å². The van der Waals surface area contributed by atoms with E-state index in [0.29, 0.717) is 0 Å². The number of carbonyl (C=O) groups is 1. The Balaban J connectivity index is 0.000000229. The third kappa shape index (κ3) is 5.27. The number of benzene rings is 3. The predicted octanol–water partition coefficient (Wildman–Crippen LogP) is 8.06. The summed E-state index contributed by atoms with van der Waals surface area (Å²) in [6.07, 6.45) is 3.33. The summed E-state index contributed by atoms with van der Waals surface area (Å²) < 4.78 is 0. The molecule has 209 valence electrons. The fourth-order valence-electron chi connectivity index (χ4n) is 5.09. The van der Waals surface area contributed by atoms with E-state index >= 15 is 0 Å². The SMILES string of the molecule is CC(C)(C)C(=O)/C=C(\O)C(C)(C)C.C[Si]1(C)c2cccc3c2-c2c1ccnc2-c1[c-]cc2ccccc2c1S3.[Ir]. The van der Waals surface area contributed by atoms with Gasteiger partial charge in [-0.05, 0) is 34.1 Å². The maximum absolute atomic E-state index is 11.5. The van der Waals surface area contributed by atoms with Crippen molar-refractivity contribution in [2.45, 2.75) is 64.4 Å². The van der Waals surface area contributed by atoms with Crippen LogP contribution in [-0.2, 0) is 24.9 Å². The molecule has 3 heterocycles. The second-order valence-corrected chi connectivity index (χ2v) is 18.3. The summed E-state index contributed by atoms with van der Waals surface area (Å²) in [5, 5.41) is 15.1. The number of aliphatic hydroxyl groups excluding tert-OH is 1. The molecule has 0 saturated heterocycles. The number of carbonyl (C=O) groups excluding carboxylic acids is 1. The Morgan fingerprint density at radius 1 is 0.925 bits per heavy atom. The second-order valence-electron chi connectivity index (χ2n) is 13.0. The number of allylic oxidation sites excluding steroid dienone is 2. The number of pyridine rings is 1. The van der Waals surface area contributed by atoms with Crippen LogP contribution in [0.2, 0.25) is 13.1 Å². The van der Waals surface area contributed by atoms with Gasteiger partial charge in [0, 0.05) is 48.1 Å². The van der Waals surface area contributed by atoms with Gasteiger partial charge >= 0.3 is 0 Å². The van der Waals surface area contributed by atoms with E-state index in [1.165, 1.54) is 43.0 Å². The number of aromatic nitrogens is 1. The Hall–Kier alpha value is -2.50. The van der Waals surface area contributed by atoms with Crippen LogP contribution in [0.25, 0.3) is 33.2 Å². The van der Waals surface area contributed by atoms with Crippen molar-refractivity contribution in [2.75, 3.05) is 0 Å². The first kappa shape index (κ1) is 30.5. The Kier molecular flexibility index (Phi) is 8.16. The van der Waals surface area contributed by atoms with Crippen molar-refractivity contribution in [3.63, 3.8) is 0 Å². The van der Waals surface area contributed by atoms with Crippen LogP contribution in [0.1, 0.15) is 41.5 Å². The monoisotopic (exact) mass is 743 g/mol. The molecular weight excluding hydrogens is 707 g/mol. The molecular formula is C34H36IrNO2SSi-.